The van der Waals surface area contributed by atoms with E-state index in [0.717, 1.165) is 17.8 Å². The first-order valence-corrected chi connectivity index (χ1v) is 11.7. The van der Waals surface area contributed by atoms with Crippen molar-refractivity contribution >= 4 is 16.7 Å². The van der Waals surface area contributed by atoms with E-state index in [-0.39, 0.29) is 28.8 Å². The third-order valence-electron chi connectivity index (χ3n) is 7.97. The van der Waals surface area contributed by atoms with Crippen LogP contribution in [0.25, 0.3) is 10.8 Å². The molecule has 5 heteroatoms. The number of rotatable bonds is 5. The van der Waals surface area contributed by atoms with Gasteiger partial charge in [-0.1, -0.05) is 32.0 Å². The first-order chi connectivity index (χ1) is 14.3. The summed E-state index contributed by atoms with van der Waals surface area (Å²) >= 11 is 0. The Kier molecular flexibility index (Phi) is 4.75. The third kappa shape index (κ3) is 3.27. The van der Waals surface area contributed by atoms with Crippen LogP contribution in [-0.2, 0) is 6.54 Å². The fourth-order valence-corrected chi connectivity index (χ4v) is 7.00. The summed E-state index contributed by atoms with van der Waals surface area (Å²) in [6.07, 6.45) is 7.94. The van der Waals surface area contributed by atoms with Crippen molar-refractivity contribution in [2.75, 3.05) is 0 Å². The minimum atomic E-state index is -0.146. The number of amides is 1. The van der Waals surface area contributed by atoms with Crippen LogP contribution in [0.15, 0.2) is 29.1 Å². The maximum Gasteiger partial charge on any atom is 0.274 e. The van der Waals surface area contributed by atoms with Gasteiger partial charge in [0.25, 0.3) is 11.5 Å². The van der Waals surface area contributed by atoms with Crippen LogP contribution in [0.5, 0.6) is 0 Å². The molecule has 4 aliphatic carbocycles. The van der Waals surface area contributed by atoms with E-state index in [2.05, 4.69) is 31.2 Å². The summed E-state index contributed by atoms with van der Waals surface area (Å²) in [6, 6.07) is 7.49. The van der Waals surface area contributed by atoms with Gasteiger partial charge in [-0.15, -0.1) is 0 Å². The average molecular weight is 408 g/mol. The first-order valence-electron chi connectivity index (χ1n) is 11.7. The largest absolute Gasteiger partial charge is 0.348 e. The molecule has 4 bridgehead atoms. The summed E-state index contributed by atoms with van der Waals surface area (Å²) < 4.78 is 1.47. The second-order valence-electron chi connectivity index (χ2n) is 10.8. The second kappa shape index (κ2) is 7.21. The Balaban J connectivity index is 1.46. The zero-order valence-electron chi connectivity index (χ0n) is 18.4. The zero-order valence-corrected chi connectivity index (χ0v) is 18.4. The van der Waals surface area contributed by atoms with E-state index in [1.165, 1.54) is 43.2 Å². The highest BCUT2D eigenvalue weighted by molar-refractivity contribution is 6.04. The molecule has 0 saturated heterocycles. The molecular weight excluding hydrogens is 374 g/mol. The van der Waals surface area contributed by atoms with Crippen LogP contribution in [0.3, 0.4) is 0 Å². The molecular formula is C25H33N3O2. The SMILES string of the molecule is CC(C)Cn1nc(C(=O)NC(C)C23CC4CC(CC(C4)C2)C3)c2ccccc2c1=O. The minimum absolute atomic E-state index is 0.120. The topological polar surface area (TPSA) is 64.0 Å². The van der Waals surface area contributed by atoms with Gasteiger partial charge in [-0.2, -0.15) is 5.10 Å². The van der Waals surface area contributed by atoms with E-state index in [0.29, 0.717) is 23.0 Å². The standard InChI is InChI=1S/C25H33N3O2/c1-15(2)14-28-24(30)21-7-5-4-6-20(21)22(27-28)23(29)26-16(3)25-11-17-8-18(12-25)10-19(9-17)13-25/h4-7,15-19H,8-14H2,1-3H3,(H,26,29). The van der Waals surface area contributed by atoms with Crippen LogP contribution in [-0.4, -0.2) is 21.7 Å². The predicted molar refractivity (Wildman–Crippen MR) is 118 cm³/mol. The number of benzene rings is 1. The molecule has 4 aliphatic rings. The van der Waals surface area contributed by atoms with Crippen molar-refractivity contribution in [3.63, 3.8) is 0 Å². The zero-order chi connectivity index (χ0) is 21.0. The summed E-state index contributed by atoms with van der Waals surface area (Å²) in [7, 11) is 0. The maximum atomic E-state index is 13.4. The summed E-state index contributed by atoms with van der Waals surface area (Å²) in [5.74, 6) is 2.68. The number of nitrogens with zero attached hydrogens (tertiary/aromatic N) is 2. The van der Waals surface area contributed by atoms with Crippen molar-refractivity contribution in [2.45, 2.75) is 71.9 Å². The highest BCUT2D eigenvalue weighted by Gasteiger charge is 2.53. The number of carbonyl (C=O) groups excluding carboxylic acids is 1. The van der Waals surface area contributed by atoms with Crippen molar-refractivity contribution in [1.82, 2.24) is 15.1 Å². The molecule has 4 fully saturated rings. The molecule has 2 aromatic rings. The van der Waals surface area contributed by atoms with Gasteiger partial charge in [0.15, 0.2) is 5.69 Å². The smallest absolute Gasteiger partial charge is 0.274 e. The number of nitrogens with one attached hydrogen (secondary N) is 1. The van der Waals surface area contributed by atoms with E-state index in [9.17, 15) is 9.59 Å². The molecule has 6 rings (SSSR count). The van der Waals surface area contributed by atoms with Crippen molar-refractivity contribution in [3.8, 4) is 0 Å². The lowest BCUT2D eigenvalue weighted by Crippen LogP contribution is -2.56. The van der Waals surface area contributed by atoms with Crippen molar-refractivity contribution in [1.29, 1.82) is 0 Å². The van der Waals surface area contributed by atoms with Crippen LogP contribution in [0, 0.1) is 29.1 Å². The van der Waals surface area contributed by atoms with Crippen LogP contribution in [0.4, 0.5) is 0 Å². The van der Waals surface area contributed by atoms with Crippen LogP contribution in [0.1, 0.15) is 69.8 Å². The van der Waals surface area contributed by atoms with E-state index in [1.54, 1.807) is 6.07 Å². The van der Waals surface area contributed by atoms with Gasteiger partial charge in [0.05, 0.1) is 5.39 Å². The van der Waals surface area contributed by atoms with E-state index in [4.69, 9.17) is 0 Å². The van der Waals surface area contributed by atoms with Crippen LogP contribution >= 0.6 is 0 Å². The first kappa shape index (κ1) is 19.8. The molecule has 0 radical (unpaired) electrons. The number of aromatic nitrogens is 2. The molecule has 0 spiro atoms. The molecule has 160 valence electrons. The lowest BCUT2D eigenvalue weighted by molar-refractivity contribution is -0.0688. The van der Waals surface area contributed by atoms with E-state index >= 15 is 0 Å². The maximum absolute atomic E-state index is 13.4. The normalized spacial score (nSPS) is 30.7. The molecule has 30 heavy (non-hydrogen) atoms. The lowest BCUT2D eigenvalue weighted by Gasteiger charge is -2.59. The third-order valence-corrected chi connectivity index (χ3v) is 7.97. The molecule has 5 nitrogen and oxygen atoms in total. The summed E-state index contributed by atoms with van der Waals surface area (Å²) in [6.45, 7) is 6.81. The monoisotopic (exact) mass is 407 g/mol. The van der Waals surface area contributed by atoms with Crippen molar-refractivity contribution in [3.05, 3.63) is 40.3 Å². The predicted octanol–water partition coefficient (Wildman–Crippen LogP) is 4.39. The van der Waals surface area contributed by atoms with Gasteiger partial charge in [-0.3, -0.25) is 9.59 Å². The lowest BCUT2D eigenvalue weighted by atomic mass is 9.48. The van der Waals surface area contributed by atoms with Crippen molar-refractivity contribution in [2.24, 2.45) is 29.1 Å². The van der Waals surface area contributed by atoms with E-state index < -0.39 is 0 Å². The molecule has 1 aromatic heterocycles. The quantitative estimate of drug-likeness (QED) is 0.800. The molecule has 1 amide bonds. The summed E-state index contributed by atoms with van der Waals surface area (Å²) in [5.41, 5.74) is 0.500. The number of fused-ring (bicyclic) bond motifs is 1. The molecule has 4 saturated carbocycles. The minimum Gasteiger partial charge on any atom is -0.348 e. The Morgan fingerprint density at radius 2 is 1.63 bits per heavy atom. The van der Waals surface area contributed by atoms with Gasteiger partial charge in [-0.25, -0.2) is 4.68 Å². The van der Waals surface area contributed by atoms with Crippen LogP contribution in [0.2, 0.25) is 0 Å². The summed E-state index contributed by atoms with van der Waals surface area (Å²) in [4.78, 5) is 26.3. The van der Waals surface area contributed by atoms with Gasteiger partial charge in [0.2, 0.25) is 0 Å². The van der Waals surface area contributed by atoms with Gasteiger partial charge >= 0.3 is 0 Å². The molecule has 1 atom stereocenters. The Hall–Kier alpha value is -2.17. The van der Waals surface area contributed by atoms with Gasteiger partial charge < -0.3 is 5.32 Å². The average Bonchev–Trinajstić information content (AvgIpc) is 2.68. The Morgan fingerprint density at radius 3 is 2.20 bits per heavy atom. The molecule has 1 N–H and O–H groups in total. The Bertz CT molecular complexity index is 1000. The fourth-order valence-electron chi connectivity index (χ4n) is 7.00. The van der Waals surface area contributed by atoms with E-state index in [1.807, 2.05) is 18.2 Å². The summed E-state index contributed by atoms with van der Waals surface area (Å²) in [5, 5.41) is 9.08. The van der Waals surface area contributed by atoms with Crippen LogP contribution < -0.4 is 10.9 Å². The highest BCUT2D eigenvalue weighted by Crippen LogP contribution is 2.61. The number of hydrogen-bond donors (Lipinski definition) is 1. The van der Waals surface area contributed by atoms with Gasteiger partial charge in [0, 0.05) is 18.0 Å². The van der Waals surface area contributed by atoms with Crippen molar-refractivity contribution < 1.29 is 4.79 Å². The molecule has 1 aromatic carbocycles. The molecule has 0 aliphatic heterocycles. The number of carbonyl (C=O) groups is 1. The number of hydrogen-bond acceptors (Lipinski definition) is 3. The Labute approximate surface area is 178 Å². The Morgan fingerprint density at radius 1 is 1.07 bits per heavy atom. The molecule has 1 heterocycles. The second-order valence-corrected chi connectivity index (χ2v) is 10.8. The highest BCUT2D eigenvalue weighted by atomic mass is 16.2. The van der Waals surface area contributed by atoms with Gasteiger partial charge in [-0.05, 0) is 80.6 Å². The molecule has 1 unspecified atom stereocenters. The van der Waals surface area contributed by atoms with Gasteiger partial charge in [0.1, 0.15) is 0 Å². The fraction of sp³-hybridized carbons (Fsp3) is 0.640.